The molecular formula is C35H52O5. The zero-order chi connectivity index (χ0) is 28.6. The van der Waals surface area contributed by atoms with Crippen molar-refractivity contribution in [3.05, 3.63) is 35.4 Å². The Morgan fingerprint density at radius 3 is 2.35 bits per heavy atom. The minimum absolute atomic E-state index is 0.109. The molecule has 4 N–H and O–H groups in total. The van der Waals surface area contributed by atoms with E-state index in [0.717, 1.165) is 37.7 Å². The van der Waals surface area contributed by atoms with E-state index in [-0.39, 0.29) is 34.9 Å². The molecule has 5 nitrogen and oxygen atoms in total. The van der Waals surface area contributed by atoms with Gasteiger partial charge in [-0.1, -0.05) is 52.3 Å². The summed E-state index contributed by atoms with van der Waals surface area (Å²) >= 11 is 0. The molecule has 0 aliphatic heterocycles. The van der Waals surface area contributed by atoms with Gasteiger partial charge in [-0.3, -0.25) is 0 Å². The van der Waals surface area contributed by atoms with E-state index >= 15 is 0 Å². The third kappa shape index (κ3) is 4.31. The average molecular weight is 553 g/mol. The minimum Gasteiger partial charge on any atom is -0.478 e. The number of hydrogen-bond acceptors (Lipinski definition) is 4. The normalized spacial score (nSPS) is 48.8. The molecule has 1 aromatic carbocycles. The molecule has 40 heavy (non-hydrogen) atoms. The highest BCUT2D eigenvalue weighted by molar-refractivity contribution is 5.89. The monoisotopic (exact) mass is 552 g/mol. The molecule has 5 saturated carbocycles. The maximum absolute atomic E-state index is 12.0. The lowest BCUT2D eigenvalue weighted by atomic mass is 9.41. The summed E-state index contributed by atoms with van der Waals surface area (Å²) < 4.78 is 0. The number of hydrogen-bond donors (Lipinski definition) is 4. The first-order valence-corrected chi connectivity index (χ1v) is 16.3. The van der Waals surface area contributed by atoms with Gasteiger partial charge < -0.3 is 20.4 Å². The summed E-state index contributed by atoms with van der Waals surface area (Å²) in [5.74, 6) is 2.27. The second-order valence-electron chi connectivity index (χ2n) is 15.5. The maximum atomic E-state index is 12.0. The Morgan fingerprint density at radius 2 is 1.65 bits per heavy atom. The summed E-state index contributed by atoms with van der Waals surface area (Å²) in [4.78, 5) is 11.7. The molecule has 5 aliphatic rings. The summed E-state index contributed by atoms with van der Waals surface area (Å²) in [5.41, 5.74) is 0.912. The summed E-state index contributed by atoms with van der Waals surface area (Å²) in [5, 5.41) is 43.7. The van der Waals surface area contributed by atoms with E-state index in [0.29, 0.717) is 53.9 Å². The van der Waals surface area contributed by atoms with Crippen LogP contribution in [0.4, 0.5) is 0 Å². The van der Waals surface area contributed by atoms with Gasteiger partial charge in [0.15, 0.2) is 0 Å². The van der Waals surface area contributed by atoms with Crippen molar-refractivity contribution in [2.75, 3.05) is 0 Å². The Morgan fingerprint density at radius 1 is 0.975 bits per heavy atom. The zero-order valence-electron chi connectivity index (χ0n) is 25.1. The number of aliphatic hydroxyl groups excluding tert-OH is 2. The molecule has 0 spiro atoms. The molecule has 0 saturated heterocycles. The molecule has 0 heterocycles. The van der Waals surface area contributed by atoms with E-state index in [2.05, 4.69) is 27.7 Å². The first-order chi connectivity index (χ1) is 18.9. The molecule has 0 amide bonds. The van der Waals surface area contributed by atoms with Crippen LogP contribution >= 0.6 is 0 Å². The molecule has 4 unspecified atom stereocenters. The van der Waals surface area contributed by atoms with Gasteiger partial charge in [0, 0.05) is 0 Å². The number of benzene rings is 1. The van der Waals surface area contributed by atoms with Crippen LogP contribution in [0.2, 0.25) is 0 Å². The topological polar surface area (TPSA) is 98.0 Å². The fourth-order valence-corrected chi connectivity index (χ4v) is 12.0. The summed E-state index contributed by atoms with van der Waals surface area (Å²) in [6, 6.07) is 7.26. The van der Waals surface area contributed by atoms with Gasteiger partial charge in [0.05, 0.1) is 23.4 Å². The van der Waals surface area contributed by atoms with Gasteiger partial charge in [0.1, 0.15) is 0 Å². The summed E-state index contributed by atoms with van der Waals surface area (Å²) in [7, 11) is 0. The first kappa shape index (κ1) is 28.7. The van der Waals surface area contributed by atoms with Crippen LogP contribution in [0.1, 0.15) is 120 Å². The van der Waals surface area contributed by atoms with Crippen LogP contribution < -0.4 is 0 Å². The molecule has 11 atom stereocenters. The van der Waals surface area contributed by atoms with Crippen LogP contribution in [0.3, 0.4) is 0 Å². The molecule has 0 bridgehead atoms. The standard InChI is InChI=1S/C35H52O5/c1-5-23-29-16-22(36)12-14-34(29,4)28-13-15-33(3)26(10-11-27(33)30(28)31(23)37)20(2)17-35(40)18-21(19-35)24-8-6-7-9-25(24)32(38)39/h6-9,20-23,26-31,36-37,40H,5,10-19H2,1-4H3,(H,38,39)/t20-,21?,22-,23-,26-,27?,28?,29+,30?,31?,33-,34-,35?/m1/s1. The van der Waals surface area contributed by atoms with Gasteiger partial charge in [-0.2, -0.15) is 0 Å². The van der Waals surface area contributed by atoms with Crippen LogP contribution in [0, 0.1) is 52.3 Å². The fourth-order valence-electron chi connectivity index (χ4n) is 12.0. The van der Waals surface area contributed by atoms with Crippen molar-refractivity contribution in [3.8, 4) is 0 Å². The molecule has 5 heteroatoms. The molecule has 5 fully saturated rings. The maximum Gasteiger partial charge on any atom is 0.335 e. The highest BCUT2D eigenvalue weighted by Crippen LogP contribution is 2.70. The Balaban J connectivity index is 1.17. The largest absolute Gasteiger partial charge is 0.478 e. The van der Waals surface area contributed by atoms with Crippen molar-refractivity contribution in [1.82, 2.24) is 0 Å². The van der Waals surface area contributed by atoms with Crippen molar-refractivity contribution < 1.29 is 25.2 Å². The number of carboxylic acid groups (broad SMARTS) is 1. The van der Waals surface area contributed by atoms with Crippen LogP contribution in [0.15, 0.2) is 24.3 Å². The van der Waals surface area contributed by atoms with Gasteiger partial charge in [-0.25, -0.2) is 4.79 Å². The van der Waals surface area contributed by atoms with Crippen LogP contribution in [-0.2, 0) is 0 Å². The number of carbonyl (C=O) groups is 1. The molecule has 222 valence electrons. The number of fused-ring (bicyclic) bond motifs is 5. The number of carboxylic acids is 1. The van der Waals surface area contributed by atoms with Crippen LogP contribution in [0.25, 0.3) is 0 Å². The van der Waals surface area contributed by atoms with Gasteiger partial charge in [-0.05, 0) is 134 Å². The van der Waals surface area contributed by atoms with Crippen molar-refractivity contribution in [3.63, 3.8) is 0 Å². The van der Waals surface area contributed by atoms with E-state index in [1.165, 1.54) is 25.7 Å². The van der Waals surface area contributed by atoms with E-state index in [1.807, 2.05) is 12.1 Å². The van der Waals surface area contributed by atoms with E-state index in [1.54, 1.807) is 12.1 Å². The van der Waals surface area contributed by atoms with E-state index < -0.39 is 11.6 Å². The average Bonchev–Trinajstić information content (AvgIpc) is 3.25. The summed E-state index contributed by atoms with van der Waals surface area (Å²) in [6.45, 7) is 9.58. The third-order valence-corrected chi connectivity index (χ3v) is 13.7. The number of rotatable bonds is 6. The van der Waals surface area contributed by atoms with Gasteiger partial charge in [0.2, 0.25) is 0 Å². The molecule has 6 rings (SSSR count). The highest BCUT2D eigenvalue weighted by Gasteiger charge is 2.65. The highest BCUT2D eigenvalue weighted by atomic mass is 16.4. The predicted octanol–water partition coefficient (Wildman–Crippen LogP) is 6.65. The van der Waals surface area contributed by atoms with E-state index in [4.69, 9.17) is 0 Å². The third-order valence-electron chi connectivity index (χ3n) is 13.7. The lowest BCUT2D eigenvalue weighted by Gasteiger charge is -2.64. The van der Waals surface area contributed by atoms with Crippen molar-refractivity contribution >= 4 is 5.97 Å². The Hall–Kier alpha value is -1.43. The van der Waals surface area contributed by atoms with Crippen molar-refractivity contribution in [2.24, 2.45) is 52.3 Å². The Labute approximate surface area is 240 Å². The fraction of sp³-hybridized carbons (Fsp3) is 0.800. The lowest BCUT2D eigenvalue weighted by molar-refractivity contribution is -0.204. The van der Waals surface area contributed by atoms with Crippen molar-refractivity contribution in [2.45, 2.75) is 122 Å². The van der Waals surface area contributed by atoms with Crippen molar-refractivity contribution in [1.29, 1.82) is 0 Å². The molecule has 0 radical (unpaired) electrons. The lowest BCUT2D eigenvalue weighted by Crippen LogP contribution is -2.62. The second-order valence-corrected chi connectivity index (χ2v) is 15.5. The Bertz CT molecular complexity index is 1110. The van der Waals surface area contributed by atoms with Gasteiger partial charge >= 0.3 is 5.97 Å². The predicted molar refractivity (Wildman–Crippen MR) is 156 cm³/mol. The Kier molecular flexibility index (Phi) is 7.23. The smallest absolute Gasteiger partial charge is 0.335 e. The van der Waals surface area contributed by atoms with Crippen LogP contribution in [-0.4, -0.2) is 44.2 Å². The quantitative estimate of drug-likeness (QED) is 0.317. The molecular weight excluding hydrogens is 500 g/mol. The summed E-state index contributed by atoms with van der Waals surface area (Å²) in [6.07, 6.45) is 10.1. The molecule has 1 aromatic rings. The van der Waals surface area contributed by atoms with Gasteiger partial charge in [0.25, 0.3) is 0 Å². The van der Waals surface area contributed by atoms with E-state index in [9.17, 15) is 25.2 Å². The van der Waals surface area contributed by atoms with Crippen LogP contribution in [0.5, 0.6) is 0 Å². The molecule has 5 aliphatic carbocycles. The molecule has 0 aromatic heterocycles. The second kappa shape index (κ2) is 10.1. The van der Waals surface area contributed by atoms with Gasteiger partial charge in [-0.15, -0.1) is 0 Å². The first-order valence-electron chi connectivity index (χ1n) is 16.3. The minimum atomic E-state index is -0.889. The number of aromatic carboxylic acids is 1. The SMILES string of the molecule is CC[C@H]1C(O)C2C3CC[C@H]([C@H](C)CC4(O)CC(c5ccccc5C(=O)O)C4)[C@@]3(C)CCC2[C@@]2(C)CC[C@@H](O)C[C@@H]12. The zero-order valence-corrected chi connectivity index (χ0v) is 25.1. The number of aliphatic hydroxyl groups is 3.